The van der Waals surface area contributed by atoms with Crippen molar-refractivity contribution in [3.8, 4) is 17.2 Å². The molecule has 0 heterocycles. The maximum Gasteiger partial charge on any atom is 0.343 e. The SMILES string of the molecule is C=CC1CCC2CC(COc3ccc4cc(C(=O)Oc5ccc(C(=O)Oc6ccc(C)cc6C)cc5C)ccc4c3C=N)CCC2C1. The highest BCUT2D eigenvalue weighted by atomic mass is 16.5. The summed E-state index contributed by atoms with van der Waals surface area (Å²) in [7, 11) is 0. The van der Waals surface area contributed by atoms with E-state index in [2.05, 4.69) is 12.7 Å². The number of benzene rings is 4. The minimum atomic E-state index is -0.505. The van der Waals surface area contributed by atoms with E-state index in [1.54, 1.807) is 43.3 Å². The Morgan fingerprint density at radius 1 is 0.766 bits per heavy atom. The first kappa shape index (κ1) is 32.2. The molecule has 0 spiro atoms. The number of rotatable bonds is 9. The Kier molecular flexibility index (Phi) is 9.58. The lowest BCUT2D eigenvalue weighted by molar-refractivity contribution is 0.0729. The van der Waals surface area contributed by atoms with Gasteiger partial charge in [-0.1, -0.05) is 35.9 Å². The monoisotopic (exact) mass is 629 g/mol. The van der Waals surface area contributed by atoms with Crippen molar-refractivity contribution in [1.82, 2.24) is 0 Å². The van der Waals surface area contributed by atoms with E-state index in [1.165, 1.54) is 44.7 Å². The van der Waals surface area contributed by atoms with Gasteiger partial charge in [0.05, 0.1) is 17.7 Å². The molecule has 6 nitrogen and oxygen atoms in total. The Morgan fingerprint density at radius 3 is 2.11 bits per heavy atom. The lowest BCUT2D eigenvalue weighted by Gasteiger charge is -2.41. The number of nitrogens with one attached hydrogen (secondary N) is 1. The highest BCUT2D eigenvalue weighted by molar-refractivity contribution is 6.04. The first-order valence-corrected chi connectivity index (χ1v) is 16.7. The zero-order valence-electron chi connectivity index (χ0n) is 27.5. The van der Waals surface area contributed by atoms with Gasteiger partial charge in [0, 0.05) is 11.8 Å². The molecule has 0 aliphatic heterocycles. The summed E-state index contributed by atoms with van der Waals surface area (Å²) in [6.45, 7) is 10.3. The van der Waals surface area contributed by atoms with Crippen LogP contribution in [0, 0.1) is 49.9 Å². The first-order chi connectivity index (χ1) is 22.7. The maximum atomic E-state index is 13.2. The van der Waals surface area contributed by atoms with Crippen LogP contribution in [-0.4, -0.2) is 24.8 Å². The van der Waals surface area contributed by atoms with Gasteiger partial charge in [-0.15, -0.1) is 6.58 Å². The van der Waals surface area contributed by atoms with Gasteiger partial charge in [0.2, 0.25) is 0 Å². The third-order valence-corrected chi connectivity index (χ3v) is 10.1. The van der Waals surface area contributed by atoms with Crippen molar-refractivity contribution in [3.63, 3.8) is 0 Å². The highest BCUT2D eigenvalue weighted by Crippen LogP contribution is 2.45. The zero-order valence-corrected chi connectivity index (χ0v) is 27.5. The van der Waals surface area contributed by atoms with Crippen LogP contribution >= 0.6 is 0 Å². The van der Waals surface area contributed by atoms with Crippen molar-refractivity contribution >= 4 is 28.9 Å². The summed E-state index contributed by atoms with van der Waals surface area (Å²) in [6.07, 6.45) is 11.0. The van der Waals surface area contributed by atoms with Crippen molar-refractivity contribution in [2.45, 2.75) is 59.3 Å². The van der Waals surface area contributed by atoms with Crippen molar-refractivity contribution in [2.24, 2.45) is 23.7 Å². The Balaban J connectivity index is 1.09. The molecule has 2 aliphatic rings. The fraction of sp³-hybridized carbons (Fsp3) is 0.341. The third kappa shape index (κ3) is 7.17. The summed E-state index contributed by atoms with van der Waals surface area (Å²) in [4.78, 5) is 26.0. The Bertz CT molecular complexity index is 1840. The van der Waals surface area contributed by atoms with E-state index < -0.39 is 11.9 Å². The zero-order chi connectivity index (χ0) is 33.1. The van der Waals surface area contributed by atoms with Crippen LogP contribution in [0.25, 0.3) is 10.8 Å². The summed E-state index contributed by atoms with van der Waals surface area (Å²) in [5.41, 5.74) is 4.08. The van der Waals surface area contributed by atoms with E-state index in [0.717, 1.165) is 33.7 Å². The van der Waals surface area contributed by atoms with Gasteiger partial charge >= 0.3 is 11.9 Å². The fourth-order valence-corrected chi connectivity index (χ4v) is 7.45. The molecule has 4 unspecified atom stereocenters. The molecule has 242 valence electrons. The van der Waals surface area contributed by atoms with Crippen molar-refractivity contribution < 1.29 is 23.8 Å². The average molecular weight is 630 g/mol. The number of allylic oxidation sites excluding steroid dienone is 1. The van der Waals surface area contributed by atoms with Crippen LogP contribution in [-0.2, 0) is 0 Å². The molecule has 0 saturated heterocycles. The van der Waals surface area contributed by atoms with E-state index in [0.29, 0.717) is 57.9 Å². The van der Waals surface area contributed by atoms with Gasteiger partial charge in [-0.2, -0.15) is 0 Å². The molecule has 2 aliphatic carbocycles. The van der Waals surface area contributed by atoms with Crippen LogP contribution in [0.5, 0.6) is 17.2 Å². The van der Waals surface area contributed by atoms with Gasteiger partial charge < -0.3 is 19.6 Å². The molecule has 0 aromatic heterocycles. The summed E-state index contributed by atoms with van der Waals surface area (Å²) < 4.78 is 17.7. The number of carbonyl (C=O) groups is 2. The maximum absolute atomic E-state index is 13.2. The predicted molar refractivity (Wildman–Crippen MR) is 186 cm³/mol. The van der Waals surface area contributed by atoms with E-state index in [9.17, 15) is 9.59 Å². The van der Waals surface area contributed by atoms with Gasteiger partial charge in [0.1, 0.15) is 17.2 Å². The van der Waals surface area contributed by atoms with Gasteiger partial charge in [-0.25, -0.2) is 9.59 Å². The summed E-state index contributed by atoms with van der Waals surface area (Å²) in [5, 5.41) is 9.82. The molecule has 4 aromatic rings. The molecule has 0 radical (unpaired) electrons. The predicted octanol–water partition coefficient (Wildman–Crippen LogP) is 9.60. The fourth-order valence-electron chi connectivity index (χ4n) is 7.45. The Labute approximate surface area is 277 Å². The molecular weight excluding hydrogens is 586 g/mol. The number of hydrogen-bond donors (Lipinski definition) is 1. The van der Waals surface area contributed by atoms with Crippen LogP contribution < -0.4 is 14.2 Å². The molecule has 6 heteroatoms. The summed E-state index contributed by atoms with van der Waals surface area (Å²) in [5.74, 6) is 3.42. The molecule has 47 heavy (non-hydrogen) atoms. The van der Waals surface area contributed by atoms with Crippen LogP contribution in [0.4, 0.5) is 0 Å². The van der Waals surface area contributed by atoms with Crippen LogP contribution in [0.1, 0.15) is 81.5 Å². The standard InChI is InChI=1S/C41H43NO5/c1-5-28-7-9-31-21-29(8-10-30(31)20-28)24-45-39-17-12-32-22-34(11-14-35(32)36(39)23-42)41(44)47-38-16-13-33(19-27(38)4)40(43)46-37-15-6-25(2)18-26(37)3/h5-6,11-19,22-23,28-31,42H,1,7-10,20-21,24H2,2-4H3. The molecular formula is C41H43NO5. The van der Waals surface area contributed by atoms with E-state index in [1.807, 2.05) is 44.2 Å². The van der Waals surface area contributed by atoms with Crippen LogP contribution in [0.15, 0.2) is 79.4 Å². The topological polar surface area (TPSA) is 85.7 Å². The van der Waals surface area contributed by atoms with Crippen molar-refractivity contribution in [2.75, 3.05) is 6.61 Å². The lowest BCUT2D eigenvalue weighted by atomic mass is 9.65. The summed E-state index contributed by atoms with van der Waals surface area (Å²) >= 11 is 0. The molecule has 1 N–H and O–H groups in total. The second-order valence-electron chi connectivity index (χ2n) is 13.4. The Morgan fingerprint density at radius 2 is 1.40 bits per heavy atom. The first-order valence-electron chi connectivity index (χ1n) is 16.7. The number of carbonyl (C=O) groups excluding carboxylic acids is 2. The number of ether oxygens (including phenoxy) is 3. The number of aryl methyl sites for hydroxylation is 3. The molecule has 0 amide bonds. The van der Waals surface area contributed by atoms with Gasteiger partial charge in [-0.3, -0.25) is 0 Å². The summed E-state index contributed by atoms with van der Waals surface area (Å²) in [6, 6.07) is 19.7. The van der Waals surface area contributed by atoms with Crippen molar-refractivity contribution in [1.29, 1.82) is 5.41 Å². The molecule has 4 atom stereocenters. The second-order valence-corrected chi connectivity index (χ2v) is 13.4. The second kappa shape index (κ2) is 14.0. The number of fused-ring (bicyclic) bond motifs is 2. The van der Waals surface area contributed by atoms with Crippen LogP contribution in [0.3, 0.4) is 0 Å². The lowest BCUT2D eigenvalue weighted by Crippen LogP contribution is -2.32. The third-order valence-electron chi connectivity index (χ3n) is 10.1. The van der Waals surface area contributed by atoms with E-state index >= 15 is 0 Å². The van der Waals surface area contributed by atoms with E-state index in [-0.39, 0.29) is 0 Å². The number of hydrogen-bond acceptors (Lipinski definition) is 6. The largest absolute Gasteiger partial charge is 0.493 e. The molecule has 0 bridgehead atoms. The molecule has 2 fully saturated rings. The smallest absolute Gasteiger partial charge is 0.343 e. The molecule has 4 aromatic carbocycles. The minimum absolute atomic E-state index is 0.366. The highest BCUT2D eigenvalue weighted by Gasteiger charge is 2.35. The van der Waals surface area contributed by atoms with E-state index in [4.69, 9.17) is 19.6 Å². The quantitative estimate of drug-likeness (QED) is 0.0862. The number of esters is 2. The molecule has 6 rings (SSSR count). The van der Waals surface area contributed by atoms with Gasteiger partial charge in [0.25, 0.3) is 0 Å². The average Bonchev–Trinajstić information content (AvgIpc) is 3.08. The van der Waals surface area contributed by atoms with Gasteiger partial charge in [-0.05, 0) is 147 Å². The van der Waals surface area contributed by atoms with Crippen LogP contribution in [0.2, 0.25) is 0 Å². The Hall–Kier alpha value is -4.71. The van der Waals surface area contributed by atoms with Crippen molar-refractivity contribution in [3.05, 3.63) is 113 Å². The molecule has 2 saturated carbocycles. The minimum Gasteiger partial charge on any atom is -0.493 e. The normalized spacial score (nSPS) is 20.6. The van der Waals surface area contributed by atoms with Gasteiger partial charge in [0.15, 0.2) is 0 Å².